The van der Waals surface area contributed by atoms with Gasteiger partial charge in [0.1, 0.15) is 6.04 Å². The third kappa shape index (κ3) is 3.81. The van der Waals surface area contributed by atoms with Gasteiger partial charge in [0.05, 0.1) is 0 Å². The molecule has 1 atom stereocenters. The predicted octanol–water partition coefficient (Wildman–Crippen LogP) is -0.277. The number of hydrogen-bond acceptors (Lipinski definition) is 3. The maximum atomic E-state index is 11.9. The fraction of sp³-hybridized carbons (Fsp3) is 0.818. The van der Waals surface area contributed by atoms with Gasteiger partial charge in [0.15, 0.2) is 0 Å². The lowest BCUT2D eigenvalue weighted by Crippen LogP contribution is -2.46. The topological polar surface area (TPSA) is 61.4 Å². The SMILES string of the molecule is CNCCC(=O)NC(C)C(=O)N1CCCC1. The quantitative estimate of drug-likeness (QED) is 0.679. The summed E-state index contributed by atoms with van der Waals surface area (Å²) in [6, 6.07) is -0.401. The summed E-state index contributed by atoms with van der Waals surface area (Å²) in [5.74, 6) is -0.0373. The van der Waals surface area contributed by atoms with Crippen molar-refractivity contribution in [3.05, 3.63) is 0 Å². The van der Waals surface area contributed by atoms with Crippen LogP contribution in [0.3, 0.4) is 0 Å². The molecule has 0 aromatic heterocycles. The molecule has 2 N–H and O–H groups in total. The zero-order valence-corrected chi connectivity index (χ0v) is 10.1. The smallest absolute Gasteiger partial charge is 0.244 e. The van der Waals surface area contributed by atoms with E-state index in [0.29, 0.717) is 13.0 Å². The summed E-state index contributed by atoms with van der Waals surface area (Å²) in [6.07, 6.45) is 2.56. The van der Waals surface area contributed by atoms with Crippen LogP contribution in [0, 0.1) is 0 Å². The Hall–Kier alpha value is -1.10. The highest BCUT2D eigenvalue weighted by molar-refractivity contribution is 5.87. The molecule has 2 amide bonds. The summed E-state index contributed by atoms with van der Waals surface area (Å²) in [6.45, 7) is 4.04. The number of rotatable bonds is 5. The van der Waals surface area contributed by atoms with E-state index in [2.05, 4.69) is 10.6 Å². The maximum Gasteiger partial charge on any atom is 0.244 e. The van der Waals surface area contributed by atoms with Gasteiger partial charge < -0.3 is 15.5 Å². The molecule has 1 aliphatic heterocycles. The second-order valence-corrected chi connectivity index (χ2v) is 4.18. The molecule has 0 bridgehead atoms. The summed E-state index contributed by atoms with van der Waals surface area (Å²) in [7, 11) is 1.80. The Morgan fingerprint density at radius 1 is 1.31 bits per heavy atom. The van der Waals surface area contributed by atoms with Crippen LogP contribution in [0.4, 0.5) is 0 Å². The number of hydrogen-bond donors (Lipinski definition) is 2. The molecule has 1 aliphatic rings. The predicted molar refractivity (Wildman–Crippen MR) is 62.0 cm³/mol. The highest BCUT2D eigenvalue weighted by atomic mass is 16.2. The van der Waals surface area contributed by atoms with Crippen molar-refractivity contribution in [3.63, 3.8) is 0 Å². The molecule has 1 heterocycles. The first kappa shape index (κ1) is 13.0. The molecule has 16 heavy (non-hydrogen) atoms. The van der Waals surface area contributed by atoms with Gasteiger partial charge in [-0.25, -0.2) is 0 Å². The van der Waals surface area contributed by atoms with E-state index in [0.717, 1.165) is 25.9 Å². The van der Waals surface area contributed by atoms with Crippen molar-refractivity contribution in [1.29, 1.82) is 0 Å². The number of nitrogens with one attached hydrogen (secondary N) is 2. The van der Waals surface area contributed by atoms with Crippen molar-refractivity contribution < 1.29 is 9.59 Å². The summed E-state index contributed by atoms with van der Waals surface area (Å²) < 4.78 is 0. The Bertz CT molecular complexity index is 250. The first-order valence-corrected chi connectivity index (χ1v) is 5.88. The minimum absolute atomic E-state index is 0.0373. The summed E-state index contributed by atoms with van der Waals surface area (Å²) in [4.78, 5) is 25.1. The minimum atomic E-state index is -0.401. The van der Waals surface area contributed by atoms with Crippen LogP contribution in [0.25, 0.3) is 0 Å². The molecule has 0 aliphatic carbocycles. The van der Waals surface area contributed by atoms with Crippen molar-refractivity contribution in [3.8, 4) is 0 Å². The monoisotopic (exact) mass is 227 g/mol. The van der Waals surface area contributed by atoms with E-state index < -0.39 is 6.04 Å². The molecule has 1 unspecified atom stereocenters. The van der Waals surface area contributed by atoms with Gasteiger partial charge in [0.2, 0.25) is 11.8 Å². The molecular weight excluding hydrogens is 206 g/mol. The van der Waals surface area contributed by atoms with E-state index >= 15 is 0 Å². The second kappa shape index (κ2) is 6.48. The number of carbonyl (C=O) groups excluding carboxylic acids is 2. The summed E-state index contributed by atoms with van der Waals surface area (Å²) in [5, 5.41) is 5.62. The van der Waals surface area contributed by atoms with Crippen LogP contribution in [0.1, 0.15) is 26.2 Å². The van der Waals surface area contributed by atoms with Gasteiger partial charge in [-0.1, -0.05) is 0 Å². The van der Waals surface area contributed by atoms with Gasteiger partial charge in [-0.3, -0.25) is 9.59 Å². The molecule has 0 saturated carbocycles. The lowest BCUT2D eigenvalue weighted by atomic mass is 10.2. The summed E-state index contributed by atoms with van der Waals surface area (Å²) in [5.41, 5.74) is 0. The average molecular weight is 227 g/mol. The van der Waals surface area contributed by atoms with Gasteiger partial charge in [-0.2, -0.15) is 0 Å². The molecule has 0 aromatic carbocycles. The standard InChI is InChI=1S/C11H21N3O2/c1-9(13-10(15)5-6-12-2)11(16)14-7-3-4-8-14/h9,12H,3-8H2,1-2H3,(H,13,15). The van der Waals surface area contributed by atoms with E-state index in [1.807, 2.05) is 4.90 Å². The van der Waals surface area contributed by atoms with Crippen LogP contribution in [0.15, 0.2) is 0 Å². The van der Waals surface area contributed by atoms with E-state index in [1.54, 1.807) is 14.0 Å². The largest absolute Gasteiger partial charge is 0.345 e. The highest BCUT2D eigenvalue weighted by Crippen LogP contribution is 2.08. The molecule has 0 aromatic rings. The van der Waals surface area contributed by atoms with Crippen molar-refractivity contribution in [2.75, 3.05) is 26.7 Å². The van der Waals surface area contributed by atoms with E-state index in [1.165, 1.54) is 0 Å². The van der Waals surface area contributed by atoms with Crippen molar-refractivity contribution in [2.24, 2.45) is 0 Å². The molecular formula is C11H21N3O2. The maximum absolute atomic E-state index is 11.9. The van der Waals surface area contributed by atoms with Gasteiger partial charge in [-0.05, 0) is 26.8 Å². The Morgan fingerprint density at radius 3 is 2.50 bits per heavy atom. The number of carbonyl (C=O) groups is 2. The van der Waals surface area contributed by atoms with Crippen molar-refractivity contribution in [1.82, 2.24) is 15.5 Å². The first-order chi connectivity index (χ1) is 7.65. The number of amides is 2. The zero-order chi connectivity index (χ0) is 12.0. The highest BCUT2D eigenvalue weighted by Gasteiger charge is 2.23. The second-order valence-electron chi connectivity index (χ2n) is 4.18. The zero-order valence-electron chi connectivity index (χ0n) is 10.1. The van der Waals surface area contributed by atoms with E-state index in [-0.39, 0.29) is 11.8 Å². The van der Waals surface area contributed by atoms with Gasteiger partial charge in [-0.15, -0.1) is 0 Å². The molecule has 1 rings (SSSR count). The normalized spacial score (nSPS) is 17.2. The molecule has 0 spiro atoms. The van der Waals surface area contributed by atoms with Crippen LogP contribution in [-0.4, -0.2) is 49.4 Å². The van der Waals surface area contributed by atoms with Crippen molar-refractivity contribution in [2.45, 2.75) is 32.2 Å². The Kier molecular flexibility index (Phi) is 5.25. The fourth-order valence-corrected chi connectivity index (χ4v) is 1.83. The average Bonchev–Trinajstić information content (AvgIpc) is 2.78. The molecule has 1 fully saturated rings. The Labute approximate surface area is 96.6 Å². The van der Waals surface area contributed by atoms with Gasteiger partial charge in [0.25, 0.3) is 0 Å². The molecule has 5 heteroatoms. The lowest BCUT2D eigenvalue weighted by Gasteiger charge is -2.21. The first-order valence-electron chi connectivity index (χ1n) is 5.88. The molecule has 5 nitrogen and oxygen atoms in total. The van der Waals surface area contributed by atoms with E-state index in [9.17, 15) is 9.59 Å². The number of nitrogens with zero attached hydrogens (tertiary/aromatic N) is 1. The van der Waals surface area contributed by atoms with Crippen LogP contribution in [0.2, 0.25) is 0 Å². The lowest BCUT2D eigenvalue weighted by molar-refractivity contribution is -0.135. The third-order valence-electron chi connectivity index (χ3n) is 2.77. The van der Waals surface area contributed by atoms with Gasteiger partial charge in [0, 0.05) is 26.1 Å². The number of likely N-dealkylation sites (tertiary alicyclic amines) is 1. The molecule has 92 valence electrons. The summed E-state index contributed by atoms with van der Waals surface area (Å²) >= 11 is 0. The van der Waals surface area contributed by atoms with Crippen LogP contribution >= 0.6 is 0 Å². The Morgan fingerprint density at radius 2 is 1.94 bits per heavy atom. The van der Waals surface area contributed by atoms with Crippen LogP contribution in [0.5, 0.6) is 0 Å². The third-order valence-corrected chi connectivity index (χ3v) is 2.77. The molecule has 0 radical (unpaired) electrons. The fourth-order valence-electron chi connectivity index (χ4n) is 1.83. The van der Waals surface area contributed by atoms with Crippen molar-refractivity contribution >= 4 is 11.8 Å². The molecule has 1 saturated heterocycles. The Balaban J connectivity index is 2.30. The minimum Gasteiger partial charge on any atom is -0.345 e. The van der Waals surface area contributed by atoms with Gasteiger partial charge >= 0.3 is 0 Å². The van der Waals surface area contributed by atoms with Crippen LogP contribution in [-0.2, 0) is 9.59 Å². The van der Waals surface area contributed by atoms with Crippen LogP contribution < -0.4 is 10.6 Å². The van der Waals surface area contributed by atoms with E-state index in [4.69, 9.17) is 0 Å².